The molecule has 6 nitrogen and oxygen atoms in total. The Morgan fingerprint density at radius 3 is 1.31 bits per heavy atom. The van der Waals surface area contributed by atoms with E-state index < -0.39 is 0 Å². The lowest BCUT2D eigenvalue weighted by molar-refractivity contribution is 1.07. The van der Waals surface area contributed by atoms with Crippen LogP contribution in [0.1, 0.15) is 0 Å². The third-order valence-corrected chi connectivity index (χ3v) is 17.4. The van der Waals surface area contributed by atoms with Gasteiger partial charge in [0.05, 0.1) is 33.1 Å². The Balaban J connectivity index is 0.945. The maximum Gasteiger partial charge on any atom is 0.164 e. The highest BCUT2D eigenvalue weighted by Crippen LogP contribution is 2.45. The smallest absolute Gasteiger partial charge is 0.164 e. The van der Waals surface area contributed by atoms with E-state index in [4.69, 9.17) is 15.0 Å². The highest BCUT2D eigenvalue weighted by atomic mass is 32.1. The van der Waals surface area contributed by atoms with Crippen LogP contribution in [-0.2, 0) is 0 Å². The van der Waals surface area contributed by atoms with Crippen molar-refractivity contribution in [2.24, 2.45) is 0 Å². The third-order valence-electron chi connectivity index (χ3n) is 16.3. The summed E-state index contributed by atoms with van der Waals surface area (Å²) in [6.45, 7) is 0. The molecule has 17 rings (SSSR count). The maximum atomic E-state index is 5.61. The fourth-order valence-corrected chi connectivity index (χ4v) is 13.8. The molecule has 372 valence electrons. The fraction of sp³-hybridized carbons (Fsp3) is 0. The molecule has 0 aliphatic carbocycles. The molecule has 0 saturated heterocycles. The van der Waals surface area contributed by atoms with Crippen LogP contribution in [0.2, 0.25) is 0 Å². The summed E-state index contributed by atoms with van der Waals surface area (Å²) in [7, 11) is 0. The summed E-state index contributed by atoms with van der Waals surface area (Å²) < 4.78 is 9.61. The van der Waals surface area contributed by atoms with Crippen LogP contribution >= 0.6 is 11.3 Å². The van der Waals surface area contributed by atoms with Crippen molar-refractivity contribution < 1.29 is 0 Å². The van der Waals surface area contributed by atoms with Crippen molar-refractivity contribution in [2.75, 3.05) is 0 Å². The van der Waals surface area contributed by atoms with Crippen LogP contribution in [0.5, 0.6) is 0 Å². The fourth-order valence-electron chi connectivity index (χ4n) is 12.7. The first-order valence-corrected chi connectivity index (χ1v) is 27.9. The zero-order chi connectivity index (χ0) is 52.4. The summed E-state index contributed by atoms with van der Waals surface area (Å²) in [5.74, 6) is 1.78. The van der Waals surface area contributed by atoms with Crippen molar-refractivity contribution in [3.05, 3.63) is 267 Å². The Morgan fingerprint density at radius 2 is 0.713 bits per heavy atom. The minimum absolute atomic E-state index is 0.593. The minimum atomic E-state index is 0.593. The molecule has 80 heavy (non-hydrogen) atoms. The zero-order valence-electron chi connectivity index (χ0n) is 43.0. The van der Waals surface area contributed by atoms with Gasteiger partial charge in [0.15, 0.2) is 17.5 Å². The average Bonchev–Trinajstić information content (AvgIpc) is 4.44. The number of rotatable bonds is 7. The van der Waals surface area contributed by atoms with E-state index in [-0.39, 0.29) is 0 Å². The zero-order valence-corrected chi connectivity index (χ0v) is 43.8. The van der Waals surface area contributed by atoms with Gasteiger partial charge < -0.3 is 13.7 Å². The molecule has 0 N–H and O–H groups in total. The van der Waals surface area contributed by atoms with Gasteiger partial charge in [0.1, 0.15) is 0 Å². The molecule has 0 aliphatic heterocycles. The van der Waals surface area contributed by atoms with E-state index in [0.29, 0.717) is 17.5 Å². The Kier molecular flexibility index (Phi) is 9.78. The molecule has 0 amide bonds. The molecule has 17 aromatic rings. The van der Waals surface area contributed by atoms with Crippen molar-refractivity contribution in [3.8, 4) is 62.4 Å². The van der Waals surface area contributed by atoms with E-state index in [0.717, 1.165) is 99.5 Å². The van der Waals surface area contributed by atoms with Gasteiger partial charge in [0, 0.05) is 86.2 Å². The molecular weight excluding hydrogens is 993 g/mol. The number of aromatic nitrogens is 6. The Morgan fingerprint density at radius 1 is 0.250 bits per heavy atom. The first-order chi connectivity index (χ1) is 39.7. The second kappa shape index (κ2) is 17.5. The summed E-state index contributed by atoms with van der Waals surface area (Å²) in [5.41, 5.74) is 15.0. The number of para-hydroxylation sites is 5. The Bertz CT molecular complexity index is 5200. The molecule has 5 aromatic heterocycles. The maximum absolute atomic E-state index is 5.61. The number of benzene rings is 12. The minimum Gasteiger partial charge on any atom is -0.309 e. The summed E-state index contributed by atoms with van der Waals surface area (Å²) in [6.07, 6.45) is 0. The highest BCUT2D eigenvalue weighted by Gasteiger charge is 2.23. The summed E-state index contributed by atoms with van der Waals surface area (Å²) in [6, 6.07) is 96.4. The van der Waals surface area contributed by atoms with Gasteiger partial charge in [-0.05, 0) is 143 Å². The predicted molar refractivity (Wildman–Crippen MR) is 335 cm³/mol. The van der Waals surface area contributed by atoms with Crippen LogP contribution < -0.4 is 0 Å². The average molecular weight is 1040 g/mol. The molecule has 0 spiro atoms. The lowest BCUT2D eigenvalue weighted by Gasteiger charge is -2.16. The second-order valence-corrected chi connectivity index (χ2v) is 21.8. The number of hydrogen-bond acceptors (Lipinski definition) is 4. The molecule has 0 saturated carbocycles. The van der Waals surface area contributed by atoms with Crippen LogP contribution in [0, 0.1) is 0 Å². The number of thiophene rings is 1. The molecule has 7 heteroatoms. The Hall–Kier alpha value is -10.5. The Labute approximate surface area is 463 Å². The van der Waals surface area contributed by atoms with Gasteiger partial charge in [0.2, 0.25) is 0 Å². The third kappa shape index (κ3) is 6.81. The van der Waals surface area contributed by atoms with Gasteiger partial charge >= 0.3 is 0 Å². The van der Waals surface area contributed by atoms with Gasteiger partial charge in [-0.3, -0.25) is 0 Å². The second-order valence-electron chi connectivity index (χ2n) is 20.7. The monoisotopic (exact) mass is 1040 g/mol. The van der Waals surface area contributed by atoms with E-state index in [2.05, 4.69) is 281 Å². The molecule has 5 heterocycles. The van der Waals surface area contributed by atoms with E-state index >= 15 is 0 Å². The van der Waals surface area contributed by atoms with Gasteiger partial charge in [-0.2, -0.15) is 0 Å². The van der Waals surface area contributed by atoms with Crippen molar-refractivity contribution >= 4 is 108 Å². The first-order valence-electron chi connectivity index (χ1n) is 27.1. The molecule has 0 radical (unpaired) electrons. The molecule has 0 bridgehead atoms. The SMILES string of the molecule is c1ccc(-n2c3ccccc3c3cc(-c4nc(-c5ccc6c(c5)c5ccccc5n6-c5ccccc5)nc(-c5ccc(-n6c7ccccc7c7cc8ccccc8cc76)cc5-c5cccc6sc7ccccc7c56)n4)ccc32)cc1. The largest absolute Gasteiger partial charge is 0.309 e. The normalized spacial score (nSPS) is 12.0. The van der Waals surface area contributed by atoms with Gasteiger partial charge in [-0.25, -0.2) is 15.0 Å². The van der Waals surface area contributed by atoms with Crippen LogP contribution in [0.3, 0.4) is 0 Å². The van der Waals surface area contributed by atoms with E-state index in [9.17, 15) is 0 Å². The number of hydrogen-bond donors (Lipinski definition) is 0. The molecule has 12 aromatic carbocycles. The first kappa shape index (κ1) is 44.6. The molecule has 0 aliphatic rings. The van der Waals surface area contributed by atoms with E-state index in [1.54, 1.807) is 0 Å². The van der Waals surface area contributed by atoms with Crippen LogP contribution in [0.4, 0.5) is 0 Å². The lowest BCUT2D eigenvalue weighted by atomic mass is 9.94. The molecular formula is C73H44N6S. The van der Waals surface area contributed by atoms with Gasteiger partial charge in [-0.1, -0.05) is 146 Å². The van der Waals surface area contributed by atoms with Crippen molar-refractivity contribution in [3.63, 3.8) is 0 Å². The highest BCUT2D eigenvalue weighted by molar-refractivity contribution is 7.26. The van der Waals surface area contributed by atoms with Crippen molar-refractivity contribution in [1.82, 2.24) is 28.7 Å². The summed E-state index contributed by atoms with van der Waals surface area (Å²) in [5, 5.41) is 11.9. The predicted octanol–water partition coefficient (Wildman–Crippen LogP) is 19.4. The summed E-state index contributed by atoms with van der Waals surface area (Å²) >= 11 is 1.83. The quantitative estimate of drug-likeness (QED) is 0.160. The van der Waals surface area contributed by atoms with E-state index in [1.807, 2.05) is 11.3 Å². The standard InChI is InChI=1S/C73H44N6S/c1-3-20-49(21-4-1)77-62-29-13-9-24-52(62)59-41-47(34-38-65(59)77)71-74-72(48-35-39-66-60(42-48)53-25-10-14-30-63(53)78(66)50-22-5-2-6-23-50)76-73(75-71)56-37-36-51(44-58(56)55-28-17-33-69-70(55)57-27-12-16-32-68(57)80-69)79-64-31-15-11-26-54(64)61-40-45-18-7-8-19-46(45)43-67(61)79/h1-44H. The van der Waals surface area contributed by atoms with Crippen LogP contribution in [-0.4, -0.2) is 28.7 Å². The number of nitrogens with zero attached hydrogens (tertiary/aromatic N) is 6. The number of fused-ring (bicyclic) bond motifs is 13. The molecule has 0 fully saturated rings. The molecule has 0 unspecified atom stereocenters. The van der Waals surface area contributed by atoms with Crippen molar-refractivity contribution in [1.29, 1.82) is 0 Å². The topological polar surface area (TPSA) is 53.5 Å². The van der Waals surface area contributed by atoms with Crippen LogP contribution in [0.15, 0.2) is 267 Å². The van der Waals surface area contributed by atoms with Gasteiger partial charge in [0.25, 0.3) is 0 Å². The van der Waals surface area contributed by atoms with Crippen molar-refractivity contribution in [2.45, 2.75) is 0 Å². The summed E-state index contributed by atoms with van der Waals surface area (Å²) in [4.78, 5) is 16.7. The molecule has 0 atom stereocenters. The van der Waals surface area contributed by atoms with Crippen LogP contribution in [0.25, 0.3) is 159 Å². The van der Waals surface area contributed by atoms with Gasteiger partial charge in [-0.15, -0.1) is 11.3 Å². The lowest BCUT2D eigenvalue weighted by Crippen LogP contribution is -2.02. The van der Waals surface area contributed by atoms with E-state index in [1.165, 1.54) is 41.7 Å².